The minimum Gasteiger partial charge on any atom is -0.376 e. The van der Waals surface area contributed by atoms with E-state index >= 15 is 0 Å². The molecule has 2 rings (SSSR count). The fraction of sp³-hybridized carbons (Fsp3) is 0.619. The van der Waals surface area contributed by atoms with E-state index in [4.69, 9.17) is 4.74 Å². The molecule has 6 nitrogen and oxygen atoms in total. The average molecular weight is 502 g/mol. The third-order valence-corrected chi connectivity index (χ3v) is 4.58. The second kappa shape index (κ2) is 13.8. The van der Waals surface area contributed by atoms with E-state index in [9.17, 15) is 4.79 Å². The lowest BCUT2D eigenvalue weighted by atomic mass is 10.1. The van der Waals surface area contributed by atoms with Crippen LogP contribution >= 0.6 is 24.0 Å². The van der Waals surface area contributed by atoms with Gasteiger partial charge in [0.2, 0.25) is 5.91 Å². The van der Waals surface area contributed by atoms with E-state index in [0.29, 0.717) is 25.6 Å². The molecule has 1 fully saturated rings. The number of carbonyl (C=O) groups excluding carboxylic acids is 1. The van der Waals surface area contributed by atoms with E-state index in [2.05, 4.69) is 39.6 Å². The van der Waals surface area contributed by atoms with Gasteiger partial charge in [0.1, 0.15) is 0 Å². The lowest BCUT2D eigenvalue weighted by Gasteiger charge is -2.21. The van der Waals surface area contributed by atoms with Gasteiger partial charge in [0.15, 0.2) is 5.96 Å². The Labute approximate surface area is 186 Å². The number of rotatable bonds is 9. The minimum absolute atomic E-state index is 0. The van der Waals surface area contributed by atoms with Crippen molar-refractivity contribution in [2.45, 2.75) is 33.8 Å². The molecule has 0 radical (unpaired) electrons. The maximum Gasteiger partial charge on any atom is 0.222 e. The number of amides is 1. The van der Waals surface area contributed by atoms with Crippen LogP contribution in [0.4, 0.5) is 0 Å². The molecular formula is C21H35IN4O2. The highest BCUT2D eigenvalue weighted by Gasteiger charge is 2.24. The van der Waals surface area contributed by atoms with Crippen molar-refractivity contribution in [1.82, 2.24) is 15.5 Å². The molecule has 1 atom stereocenters. The number of nitrogens with one attached hydrogen (secondary N) is 2. The lowest BCUT2D eigenvalue weighted by Crippen LogP contribution is -2.41. The van der Waals surface area contributed by atoms with Gasteiger partial charge in [0, 0.05) is 38.0 Å². The maximum absolute atomic E-state index is 11.6. The van der Waals surface area contributed by atoms with Gasteiger partial charge in [-0.1, -0.05) is 44.2 Å². The normalized spacial score (nSPS) is 16.8. The molecule has 1 amide bonds. The Morgan fingerprint density at radius 1 is 1.29 bits per heavy atom. The van der Waals surface area contributed by atoms with Gasteiger partial charge in [0.25, 0.3) is 0 Å². The van der Waals surface area contributed by atoms with E-state index in [0.717, 1.165) is 38.6 Å². The number of carbonyl (C=O) groups is 1. The molecule has 1 aromatic carbocycles. The van der Waals surface area contributed by atoms with Crippen LogP contribution in [0.25, 0.3) is 0 Å². The molecule has 158 valence electrons. The number of hydrogen-bond acceptors (Lipinski definition) is 3. The van der Waals surface area contributed by atoms with Crippen LogP contribution in [0.5, 0.6) is 0 Å². The van der Waals surface area contributed by atoms with Gasteiger partial charge in [-0.2, -0.15) is 0 Å². The third kappa shape index (κ3) is 8.77. The Bertz CT molecular complexity index is 595. The fourth-order valence-electron chi connectivity index (χ4n) is 3.05. The zero-order valence-electron chi connectivity index (χ0n) is 17.3. The first-order valence-corrected chi connectivity index (χ1v) is 10.0. The molecule has 1 aromatic rings. The molecule has 0 aromatic heterocycles. The van der Waals surface area contributed by atoms with Crippen molar-refractivity contribution in [1.29, 1.82) is 0 Å². The summed E-state index contributed by atoms with van der Waals surface area (Å²) in [6.45, 7) is 11.3. The van der Waals surface area contributed by atoms with Crippen molar-refractivity contribution in [3.05, 3.63) is 35.9 Å². The first-order chi connectivity index (χ1) is 13.1. The van der Waals surface area contributed by atoms with E-state index in [1.54, 1.807) is 0 Å². The van der Waals surface area contributed by atoms with E-state index in [-0.39, 0.29) is 35.8 Å². The molecule has 2 N–H and O–H groups in total. The van der Waals surface area contributed by atoms with Crippen LogP contribution in [-0.4, -0.2) is 56.1 Å². The van der Waals surface area contributed by atoms with E-state index in [1.165, 1.54) is 5.56 Å². The van der Waals surface area contributed by atoms with Crippen LogP contribution in [0.1, 0.15) is 32.8 Å². The molecule has 1 aliphatic heterocycles. The van der Waals surface area contributed by atoms with Crippen LogP contribution < -0.4 is 10.6 Å². The van der Waals surface area contributed by atoms with Gasteiger partial charge in [-0.25, -0.2) is 0 Å². The zero-order chi connectivity index (χ0) is 19.5. The van der Waals surface area contributed by atoms with Crippen molar-refractivity contribution in [3.63, 3.8) is 0 Å². The van der Waals surface area contributed by atoms with Crippen molar-refractivity contribution in [2.75, 3.05) is 39.3 Å². The van der Waals surface area contributed by atoms with Gasteiger partial charge in [0.05, 0.1) is 19.8 Å². The molecule has 1 aliphatic rings. The van der Waals surface area contributed by atoms with E-state index in [1.807, 2.05) is 32.0 Å². The predicted molar refractivity (Wildman–Crippen MR) is 125 cm³/mol. The highest BCUT2D eigenvalue weighted by atomic mass is 127. The van der Waals surface area contributed by atoms with Gasteiger partial charge in [-0.15, -0.1) is 24.0 Å². The summed E-state index contributed by atoms with van der Waals surface area (Å²) >= 11 is 0. The number of halogens is 1. The summed E-state index contributed by atoms with van der Waals surface area (Å²) in [5.41, 5.74) is 1.21. The van der Waals surface area contributed by atoms with Gasteiger partial charge < -0.3 is 20.3 Å². The monoisotopic (exact) mass is 502 g/mol. The predicted octanol–water partition coefficient (Wildman–Crippen LogP) is 2.88. The maximum atomic E-state index is 11.6. The number of ether oxygens (including phenoxy) is 1. The Morgan fingerprint density at radius 2 is 2.04 bits per heavy atom. The summed E-state index contributed by atoms with van der Waals surface area (Å²) in [5.74, 6) is 1.55. The smallest absolute Gasteiger partial charge is 0.222 e. The number of aliphatic imine (C=N–C) groups is 1. The molecule has 0 spiro atoms. The van der Waals surface area contributed by atoms with Crippen LogP contribution in [0, 0.1) is 11.8 Å². The fourth-order valence-corrected chi connectivity index (χ4v) is 3.05. The molecular weight excluding hydrogens is 467 g/mol. The van der Waals surface area contributed by atoms with Crippen molar-refractivity contribution < 1.29 is 9.53 Å². The quantitative estimate of drug-likeness (QED) is 0.236. The minimum atomic E-state index is 0. The molecule has 1 saturated heterocycles. The topological polar surface area (TPSA) is 66.0 Å². The van der Waals surface area contributed by atoms with Gasteiger partial charge >= 0.3 is 0 Å². The Balaban J connectivity index is 0.00000392. The van der Waals surface area contributed by atoms with Crippen LogP contribution in [0.3, 0.4) is 0 Å². The SMILES string of the molecule is CCNC(=NCCNC(=O)C(C)C)N1CCC(COCc2ccccc2)C1.I. The third-order valence-electron chi connectivity index (χ3n) is 4.58. The summed E-state index contributed by atoms with van der Waals surface area (Å²) in [6, 6.07) is 10.3. The summed E-state index contributed by atoms with van der Waals surface area (Å²) in [5, 5.41) is 6.27. The van der Waals surface area contributed by atoms with Crippen molar-refractivity contribution in [3.8, 4) is 0 Å². The van der Waals surface area contributed by atoms with Crippen molar-refractivity contribution >= 4 is 35.8 Å². The van der Waals surface area contributed by atoms with Crippen LogP contribution in [-0.2, 0) is 16.1 Å². The summed E-state index contributed by atoms with van der Waals surface area (Å²) < 4.78 is 5.90. The largest absolute Gasteiger partial charge is 0.376 e. The molecule has 1 heterocycles. The highest BCUT2D eigenvalue weighted by molar-refractivity contribution is 14.0. The number of guanidine groups is 1. The van der Waals surface area contributed by atoms with Crippen molar-refractivity contribution in [2.24, 2.45) is 16.8 Å². The Hall–Kier alpha value is -1.35. The highest BCUT2D eigenvalue weighted by Crippen LogP contribution is 2.17. The Kier molecular flexibility index (Phi) is 12.1. The molecule has 0 saturated carbocycles. The number of nitrogens with zero attached hydrogens (tertiary/aromatic N) is 2. The second-order valence-electron chi connectivity index (χ2n) is 7.28. The number of hydrogen-bond donors (Lipinski definition) is 2. The Morgan fingerprint density at radius 3 is 2.71 bits per heavy atom. The van der Waals surface area contributed by atoms with Gasteiger partial charge in [-0.3, -0.25) is 9.79 Å². The summed E-state index contributed by atoms with van der Waals surface area (Å²) in [6.07, 6.45) is 1.11. The van der Waals surface area contributed by atoms with Crippen LogP contribution in [0.15, 0.2) is 35.3 Å². The average Bonchev–Trinajstić information content (AvgIpc) is 3.13. The number of benzene rings is 1. The second-order valence-corrected chi connectivity index (χ2v) is 7.28. The lowest BCUT2D eigenvalue weighted by molar-refractivity contribution is -0.123. The summed E-state index contributed by atoms with van der Waals surface area (Å²) in [7, 11) is 0. The molecule has 0 aliphatic carbocycles. The zero-order valence-corrected chi connectivity index (χ0v) is 19.6. The standard InChI is InChI=1S/C21H34N4O2.HI/c1-4-22-21(24-12-11-23-20(26)17(2)3)25-13-10-19(14-25)16-27-15-18-8-6-5-7-9-18;/h5-9,17,19H,4,10-16H2,1-3H3,(H,22,24)(H,23,26);1H. The van der Waals surface area contributed by atoms with Crippen LogP contribution in [0.2, 0.25) is 0 Å². The van der Waals surface area contributed by atoms with Gasteiger partial charge in [-0.05, 0) is 18.9 Å². The molecule has 0 bridgehead atoms. The summed E-state index contributed by atoms with van der Waals surface area (Å²) in [4.78, 5) is 18.6. The first kappa shape index (κ1) is 24.7. The first-order valence-electron chi connectivity index (χ1n) is 10.0. The molecule has 1 unspecified atom stereocenters. The number of likely N-dealkylation sites (tertiary alicyclic amines) is 1. The van der Waals surface area contributed by atoms with E-state index < -0.39 is 0 Å². The molecule has 28 heavy (non-hydrogen) atoms. The molecule has 7 heteroatoms.